The summed E-state index contributed by atoms with van der Waals surface area (Å²) in [7, 11) is -1.11. The Kier molecular flexibility index (Phi) is 7.60. The van der Waals surface area contributed by atoms with E-state index in [1.807, 2.05) is 13.8 Å². The molecule has 0 aromatic heterocycles. The molecule has 0 heterocycles. The number of amides is 1. The Bertz CT molecular complexity index is 219. The van der Waals surface area contributed by atoms with Crippen LogP contribution in [-0.4, -0.2) is 33.7 Å². The van der Waals surface area contributed by atoms with E-state index in [2.05, 4.69) is 5.32 Å². The van der Waals surface area contributed by atoms with Crippen LogP contribution in [0.3, 0.4) is 0 Å². The summed E-state index contributed by atoms with van der Waals surface area (Å²) < 4.78 is 11.6. The van der Waals surface area contributed by atoms with Crippen LogP contribution in [0.25, 0.3) is 0 Å². The fourth-order valence-corrected chi connectivity index (χ4v) is 2.27. The number of hydrogen-bond acceptors (Lipinski definition) is 3. The summed E-state index contributed by atoms with van der Waals surface area (Å²) in [6, 6.07) is 0.0415. The predicted molar refractivity (Wildman–Crippen MR) is 64.0 cm³/mol. The van der Waals surface area contributed by atoms with Gasteiger partial charge >= 0.3 is 0 Å². The van der Waals surface area contributed by atoms with Crippen molar-refractivity contribution in [2.24, 2.45) is 5.73 Å². The molecule has 3 N–H and O–H groups in total. The minimum atomic E-state index is -1.11. The van der Waals surface area contributed by atoms with Crippen molar-refractivity contribution in [3.05, 3.63) is 0 Å². The molecule has 0 bridgehead atoms. The van der Waals surface area contributed by atoms with Gasteiger partial charge in [-0.05, 0) is 26.7 Å². The summed E-state index contributed by atoms with van der Waals surface area (Å²) in [5.74, 6) is 0.373. The zero-order valence-corrected chi connectivity index (χ0v) is 10.6. The molecule has 0 saturated carbocycles. The van der Waals surface area contributed by atoms with E-state index in [1.54, 1.807) is 6.92 Å². The van der Waals surface area contributed by atoms with Crippen LogP contribution in [0.15, 0.2) is 0 Å². The summed E-state index contributed by atoms with van der Waals surface area (Å²) in [6.07, 6.45) is 1.59. The van der Waals surface area contributed by atoms with Crippen molar-refractivity contribution in [3.63, 3.8) is 0 Å². The van der Waals surface area contributed by atoms with Crippen molar-refractivity contribution in [1.29, 1.82) is 0 Å². The zero-order valence-electron chi connectivity index (χ0n) is 9.79. The van der Waals surface area contributed by atoms with Gasteiger partial charge in [-0.2, -0.15) is 0 Å². The number of hydrogen-bond donors (Lipinski definition) is 2. The summed E-state index contributed by atoms with van der Waals surface area (Å²) >= 11 is 0. The fraction of sp³-hybridized carbons (Fsp3) is 0.900. The van der Waals surface area contributed by atoms with Gasteiger partial charge in [-0.3, -0.25) is 9.00 Å². The van der Waals surface area contributed by atoms with Crippen LogP contribution in [0.1, 0.15) is 33.6 Å². The largest absolute Gasteiger partial charge is 0.355 e. The maximum atomic E-state index is 11.6. The monoisotopic (exact) mass is 234 g/mol. The predicted octanol–water partition coefficient (Wildman–Crippen LogP) is 0.387. The number of nitrogens with two attached hydrogens (primary N) is 1. The molecule has 0 rings (SSSR count). The first-order valence-corrected chi connectivity index (χ1v) is 6.77. The molecule has 0 radical (unpaired) electrons. The number of nitrogens with one attached hydrogen (secondary N) is 1. The highest BCUT2D eigenvalue weighted by Crippen LogP contribution is 2.00. The van der Waals surface area contributed by atoms with Crippen molar-refractivity contribution in [3.8, 4) is 0 Å². The fourth-order valence-electron chi connectivity index (χ4n) is 0.990. The van der Waals surface area contributed by atoms with Gasteiger partial charge < -0.3 is 11.1 Å². The SMILES string of the molecule is CCCNC(=O)C(C)S(=O)CCC(C)N. The average molecular weight is 234 g/mol. The maximum absolute atomic E-state index is 11.6. The van der Waals surface area contributed by atoms with E-state index in [4.69, 9.17) is 5.73 Å². The second kappa shape index (κ2) is 7.82. The van der Waals surface area contributed by atoms with Crippen LogP contribution >= 0.6 is 0 Å². The summed E-state index contributed by atoms with van der Waals surface area (Å²) in [4.78, 5) is 11.5. The number of rotatable bonds is 7. The third-order valence-corrected chi connectivity index (χ3v) is 3.73. The molecule has 0 spiro atoms. The van der Waals surface area contributed by atoms with Crippen LogP contribution in [0.2, 0.25) is 0 Å². The van der Waals surface area contributed by atoms with Gasteiger partial charge in [0.05, 0.1) is 0 Å². The molecule has 4 nitrogen and oxygen atoms in total. The molecule has 0 aromatic carbocycles. The van der Waals surface area contributed by atoms with Crippen molar-refractivity contribution in [2.75, 3.05) is 12.3 Å². The van der Waals surface area contributed by atoms with Crippen molar-refractivity contribution in [1.82, 2.24) is 5.32 Å². The number of carbonyl (C=O) groups is 1. The molecular formula is C10H22N2O2S. The Morgan fingerprint density at radius 2 is 2.07 bits per heavy atom. The smallest absolute Gasteiger partial charge is 0.235 e. The van der Waals surface area contributed by atoms with E-state index in [9.17, 15) is 9.00 Å². The average Bonchev–Trinajstić information content (AvgIpc) is 2.21. The topological polar surface area (TPSA) is 72.2 Å². The number of carbonyl (C=O) groups excluding carboxylic acids is 1. The Labute approximate surface area is 94.4 Å². The van der Waals surface area contributed by atoms with Gasteiger partial charge in [-0.1, -0.05) is 6.92 Å². The second-order valence-electron chi connectivity index (χ2n) is 3.78. The van der Waals surface area contributed by atoms with Crippen molar-refractivity contribution < 1.29 is 9.00 Å². The van der Waals surface area contributed by atoms with Crippen LogP contribution in [0.4, 0.5) is 0 Å². The highest BCUT2D eigenvalue weighted by molar-refractivity contribution is 7.86. The van der Waals surface area contributed by atoms with Gasteiger partial charge in [-0.15, -0.1) is 0 Å². The third kappa shape index (κ3) is 6.62. The van der Waals surface area contributed by atoms with Crippen LogP contribution < -0.4 is 11.1 Å². The van der Waals surface area contributed by atoms with Crippen molar-refractivity contribution >= 4 is 16.7 Å². The van der Waals surface area contributed by atoms with Gasteiger partial charge in [0.25, 0.3) is 0 Å². The molecule has 0 fully saturated rings. The minimum absolute atomic E-state index is 0.0415. The molecule has 15 heavy (non-hydrogen) atoms. The van der Waals surface area contributed by atoms with E-state index in [0.29, 0.717) is 18.7 Å². The molecule has 3 unspecified atom stereocenters. The van der Waals surface area contributed by atoms with Gasteiger partial charge in [0, 0.05) is 29.1 Å². The minimum Gasteiger partial charge on any atom is -0.355 e. The van der Waals surface area contributed by atoms with Gasteiger partial charge in [0.2, 0.25) is 5.91 Å². The van der Waals surface area contributed by atoms with Gasteiger partial charge in [-0.25, -0.2) is 0 Å². The lowest BCUT2D eigenvalue weighted by atomic mass is 10.3. The highest BCUT2D eigenvalue weighted by atomic mass is 32.2. The first-order chi connectivity index (χ1) is 6.99. The lowest BCUT2D eigenvalue weighted by Gasteiger charge is -2.12. The standard InChI is InChI=1S/C10H22N2O2S/c1-4-6-12-10(13)9(3)15(14)7-5-8(2)11/h8-9H,4-7,11H2,1-3H3,(H,12,13). The Hall–Kier alpha value is -0.420. The lowest BCUT2D eigenvalue weighted by Crippen LogP contribution is -2.37. The van der Waals surface area contributed by atoms with E-state index in [0.717, 1.165) is 6.42 Å². The molecule has 0 aliphatic carbocycles. The Balaban J connectivity index is 3.91. The third-order valence-electron chi connectivity index (χ3n) is 2.09. The van der Waals surface area contributed by atoms with E-state index in [-0.39, 0.29) is 11.9 Å². The molecule has 1 amide bonds. The van der Waals surface area contributed by atoms with E-state index in [1.165, 1.54) is 0 Å². The van der Waals surface area contributed by atoms with E-state index >= 15 is 0 Å². The quantitative estimate of drug-likeness (QED) is 0.669. The molecule has 0 aromatic rings. The lowest BCUT2D eigenvalue weighted by molar-refractivity contribution is -0.120. The Morgan fingerprint density at radius 3 is 2.53 bits per heavy atom. The normalized spacial score (nSPS) is 16.8. The maximum Gasteiger partial charge on any atom is 0.235 e. The molecule has 3 atom stereocenters. The second-order valence-corrected chi connectivity index (χ2v) is 5.66. The first kappa shape index (κ1) is 14.6. The van der Waals surface area contributed by atoms with Crippen molar-refractivity contribution in [2.45, 2.75) is 44.9 Å². The molecule has 0 aliphatic heterocycles. The van der Waals surface area contributed by atoms with Crippen LogP contribution in [0.5, 0.6) is 0 Å². The van der Waals surface area contributed by atoms with Gasteiger partial charge in [0.15, 0.2) is 0 Å². The first-order valence-electron chi connectivity index (χ1n) is 5.39. The van der Waals surface area contributed by atoms with Gasteiger partial charge in [0.1, 0.15) is 5.25 Å². The molecule has 0 saturated heterocycles. The Morgan fingerprint density at radius 1 is 1.47 bits per heavy atom. The molecule has 5 heteroatoms. The molecule has 0 aliphatic rings. The zero-order chi connectivity index (χ0) is 11.8. The van der Waals surface area contributed by atoms with Crippen LogP contribution in [0, 0.1) is 0 Å². The summed E-state index contributed by atoms with van der Waals surface area (Å²) in [5.41, 5.74) is 5.56. The molecular weight excluding hydrogens is 212 g/mol. The summed E-state index contributed by atoms with van der Waals surface area (Å²) in [5, 5.41) is 2.30. The summed E-state index contributed by atoms with van der Waals surface area (Å²) in [6.45, 7) is 6.20. The van der Waals surface area contributed by atoms with Crippen LogP contribution in [-0.2, 0) is 15.6 Å². The van der Waals surface area contributed by atoms with E-state index < -0.39 is 16.0 Å². The molecule has 90 valence electrons. The highest BCUT2D eigenvalue weighted by Gasteiger charge is 2.19.